The van der Waals surface area contributed by atoms with Crippen LogP contribution in [0.4, 0.5) is 0 Å². The van der Waals surface area contributed by atoms with Crippen molar-refractivity contribution in [3.63, 3.8) is 0 Å². The molecule has 2 unspecified atom stereocenters. The number of hydrogen-bond acceptors (Lipinski definition) is 10. The lowest BCUT2D eigenvalue weighted by atomic mass is 9.74. The second-order valence-electron chi connectivity index (χ2n) is 6.50. The van der Waals surface area contributed by atoms with Crippen LogP contribution in [-0.4, -0.2) is 79.6 Å². The van der Waals surface area contributed by atoms with E-state index in [1.807, 2.05) is 0 Å². The standard InChI is InChI=1S/C11H16O8.C6H8N2O/c1-4(12)7(15)8-10(17,5(2)13)11(18,6(3)14)9(16)19-8;7-6(9)5-2-1-3-8-4-5/h7-9,15-18H,1-3H3;3-4H,1-2H2,(H2,7,9)/t7?,8-,9?,10-,11+;/m1./s1. The number of carbonyl (C=O) groups is 4. The minimum Gasteiger partial charge on any atom is -0.382 e. The SMILES string of the molecule is CC(=O)C(O)[C@H]1OC(O)[C@@](O)(C(C)=O)[C@@]1(O)C(C)=O.NC(=O)C1=CN=CCC1. The largest absolute Gasteiger partial charge is 0.382 e. The first kappa shape index (κ1) is 23.7. The van der Waals surface area contributed by atoms with Gasteiger partial charge in [-0.25, -0.2) is 0 Å². The quantitative estimate of drug-likeness (QED) is 0.331. The van der Waals surface area contributed by atoms with Crippen LogP contribution in [0.15, 0.2) is 16.8 Å². The third-order valence-corrected chi connectivity index (χ3v) is 4.60. The number of hydrogen-bond donors (Lipinski definition) is 5. The molecule has 1 saturated heterocycles. The smallest absolute Gasteiger partial charge is 0.246 e. The summed E-state index contributed by atoms with van der Waals surface area (Å²) in [6.45, 7) is 2.64. The molecule has 0 aromatic carbocycles. The number of ketones is 3. The molecular formula is C17H24N2O9. The second kappa shape index (κ2) is 8.80. The fraction of sp³-hybridized carbons (Fsp3) is 0.588. The molecule has 6 N–H and O–H groups in total. The van der Waals surface area contributed by atoms with E-state index in [1.54, 1.807) is 6.21 Å². The lowest BCUT2D eigenvalue weighted by molar-refractivity contribution is -0.197. The van der Waals surface area contributed by atoms with Gasteiger partial charge >= 0.3 is 0 Å². The molecule has 0 saturated carbocycles. The van der Waals surface area contributed by atoms with Crippen LogP contribution in [0.3, 0.4) is 0 Å². The van der Waals surface area contributed by atoms with Gasteiger partial charge in [-0.05, 0) is 33.6 Å². The number of ether oxygens (including phenoxy) is 1. The van der Waals surface area contributed by atoms with Crippen molar-refractivity contribution in [2.75, 3.05) is 0 Å². The molecule has 0 spiro atoms. The molecule has 156 valence electrons. The van der Waals surface area contributed by atoms with Gasteiger partial charge in [0.2, 0.25) is 11.5 Å². The van der Waals surface area contributed by atoms with Crippen molar-refractivity contribution < 1.29 is 44.3 Å². The monoisotopic (exact) mass is 400 g/mol. The Morgan fingerprint density at radius 1 is 1.18 bits per heavy atom. The average molecular weight is 400 g/mol. The van der Waals surface area contributed by atoms with Gasteiger partial charge in [0.15, 0.2) is 29.2 Å². The Balaban J connectivity index is 0.000000362. The molecular weight excluding hydrogens is 376 g/mol. The van der Waals surface area contributed by atoms with Crippen molar-refractivity contribution in [3.8, 4) is 0 Å². The van der Waals surface area contributed by atoms with Crippen LogP contribution in [0, 0.1) is 0 Å². The molecule has 1 amide bonds. The maximum Gasteiger partial charge on any atom is 0.246 e. The Hall–Kier alpha value is -2.31. The third kappa shape index (κ3) is 4.08. The fourth-order valence-corrected chi connectivity index (χ4v) is 2.86. The summed E-state index contributed by atoms with van der Waals surface area (Å²) in [6, 6.07) is 0. The first-order valence-corrected chi connectivity index (χ1v) is 8.31. The summed E-state index contributed by atoms with van der Waals surface area (Å²) >= 11 is 0. The summed E-state index contributed by atoms with van der Waals surface area (Å²) in [4.78, 5) is 48.4. The first-order chi connectivity index (χ1) is 12.8. The van der Waals surface area contributed by atoms with Crippen LogP contribution >= 0.6 is 0 Å². The summed E-state index contributed by atoms with van der Waals surface area (Å²) < 4.78 is 4.68. The highest BCUT2D eigenvalue weighted by Crippen LogP contribution is 2.42. The van der Waals surface area contributed by atoms with Crippen LogP contribution in [0.25, 0.3) is 0 Å². The average Bonchev–Trinajstić information content (AvgIpc) is 2.85. The zero-order valence-electron chi connectivity index (χ0n) is 15.7. The van der Waals surface area contributed by atoms with E-state index in [9.17, 15) is 39.6 Å². The van der Waals surface area contributed by atoms with E-state index in [0.29, 0.717) is 5.57 Å². The van der Waals surface area contributed by atoms with Crippen molar-refractivity contribution in [2.24, 2.45) is 10.7 Å². The summed E-state index contributed by atoms with van der Waals surface area (Å²) in [6.07, 6.45) is -1.30. The van der Waals surface area contributed by atoms with E-state index >= 15 is 0 Å². The summed E-state index contributed by atoms with van der Waals surface area (Å²) in [5.74, 6) is -3.46. The van der Waals surface area contributed by atoms with Crippen molar-refractivity contribution >= 4 is 29.5 Å². The van der Waals surface area contributed by atoms with Crippen LogP contribution in [0.1, 0.15) is 33.6 Å². The lowest BCUT2D eigenvalue weighted by Gasteiger charge is -2.36. The summed E-state index contributed by atoms with van der Waals surface area (Å²) in [5.41, 5.74) is -0.249. The Morgan fingerprint density at radius 3 is 2.04 bits per heavy atom. The highest BCUT2D eigenvalue weighted by molar-refractivity contribution is 5.99. The fourth-order valence-electron chi connectivity index (χ4n) is 2.86. The normalized spacial score (nSPS) is 32.6. The lowest BCUT2D eigenvalue weighted by Crippen LogP contribution is -2.68. The number of primary amides is 1. The van der Waals surface area contributed by atoms with Gasteiger partial charge in [0.1, 0.15) is 12.2 Å². The third-order valence-electron chi connectivity index (χ3n) is 4.60. The molecule has 0 aromatic heterocycles. The van der Waals surface area contributed by atoms with Gasteiger partial charge in [0, 0.05) is 18.0 Å². The number of aliphatic imine (C=N–C) groups is 1. The van der Waals surface area contributed by atoms with Gasteiger partial charge < -0.3 is 30.9 Å². The summed E-state index contributed by atoms with van der Waals surface area (Å²) in [5, 5.41) is 39.6. The Bertz CT molecular complexity index is 732. The molecule has 2 heterocycles. The predicted molar refractivity (Wildman–Crippen MR) is 93.8 cm³/mol. The number of aliphatic hydroxyl groups excluding tert-OH is 2. The first-order valence-electron chi connectivity index (χ1n) is 8.31. The molecule has 2 aliphatic heterocycles. The number of nitrogens with zero attached hydrogens (tertiary/aromatic N) is 1. The molecule has 1 fully saturated rings. The Morgan fingerprint density at radius 2 is 1.71 bits per heavy atom. The van der Waals surface area contributed by atoms with E-state index in [0.717, 1.165) is 33.6 Å². The summed E-state index contributed by atoms with van der Waals surface area (Å²) in [7, 11) is 0. The van der Waals surface area contributed by atoms with E-state index in [1.165, 1.54) is 6.20 Å². The van der Waals surface area contributed by atoms with Crippen LogP contribution < -0.4 is 5.73 Å². The van der Waals surface area contributed by atoms with Crippen LogP contribution in [0.2, 0.25) is 0 Å². The number of Topliss-reactive ketones (excluding diaryl/α,β-unsaturated/α-hetero) is 3. The molecule has 0 bridgehead atoms. The molecule has 0 radical (unpaired) electrons. The number of aliphatic hydroxyl groups is 4. The molecule has 11 heteroatoms. The van der Waals surface area contributed by atoms with E-state index in [4.69, 9.17) is 5.73 Å². The Kier molecular flexibility index (Phi) is 7.45. The maximum absolute atomic E-state index is 11.6. The molecule has 0 aliphatic carbocycles. The van der Waals surface area contributed by atoms with E-state index in [-0.39, 0.29) is 5.91 Å². The van der Waals surface area contributed by atoms with Crippen molar-refractivity contribution in [3.05, 3.63) is 11.8 Å². The second-order valence-corrected chi connectivity index (χ2v) is 6.50. The predicted octanol–water partition coefficient (Wildman–Crippen LogP) is -2.49. The molecule has 2 rings (SSSR count). The number of nitrogens with two attached hydrogens (primary N) is 1. The molecule has 28 heavy (non-hydrogen) atoms. The molecule has 2 aliphatic rings. The van der Waals surface area contributed by atoms with Gasteiger partial charge in [0.05, 0.1) is 0 Å². The van der Waals surface area contributed by atoms with Gasteiger partial charge in [-0.3, -0.25) is 24.2 Å². The molecule has 0 aromatic rings. The molecule has 5 atom stereocenters. The van der Waals surface area contributed by atoms with Crippen molar-refractivity contribution in [2.45, 2.75) is 63.3 Å². The van der Waals surface area contributed by atoms with Gasteiger partial charge in [-0.1, -0.05) is 0 Å². The van der Waals surface area contributed by atoms with E-state index < -0.39 is 47.0 Å². The van der Waals surface area contributed by atoms with E-state index in [2.05, 4.69) is 9.73 Å². The van der Waals surface area contributed by atoms with Gasteiger partial charge in [0.25, 0.3) is 0 Å². The zero-order valence-corrected chi connectivity index (χ0v) is 15.7. The highest BCUT2D eigenvalue weighted by atomic mass is 16.7. The van der Waals surface area contributed by atoms with Gasteiger partial charge in [-0.2, -0.15) is 0 Å². The van der Waals surface area contributed by atoms with Crippen molar-refractivity contribution in [1.82, 2.24) is 0 Å². The van der Waals surface area contributed by atoms with Crippen molar-refractivity contribution in [1.29, 1.82) is 0 Å². The topological polar surface area (TPSA) is 197 Å². The highest BCUT2D eigenvalue weighted by Gasteiger charge is 2.72. The van der Waals surface area contributed by atoms with Crippen LogP contribution in [-0.2, 0) is 23.9 Å². The zero-order chi connectivity index (χ0) is 21.9. The maximum atomic E-state index is 11.6. The number of carbonyl (C=O) groups excluding carboxylic acids is 4. The number of rotatable bonds is 5. The molecule has 11 nitrogen and oxygen atoms in total. The Labute approximate surface area is 160 Å². The minimum absolute atomic E-state index is 0.355. The number of amides is 1. The van der Waals surface area contributed by atoms with Gasteiger partial charge in [-0.15, -0.1) is 0 Å². The van der Waals surface area contributed by atoms with Crippen LogP contribution in [0.5, 0.6) is 0 Å². The minimum atomic E-state index is -2.94.